The highest BCUT2D eigenvalue weighted by molar-refractivity contribution is 14.0. The molecule has 0 aliphatic carbocycles. The molecule has 0 saturated carbocycles. The van der Waals surface area contributed by atoms with Crippen molar-refractivity contribution in [2.75, 3.05) is 24.6 Å². The normalized spacial score (nSPS) is 14.3. The van der Waals surface area contributed by atoms with Gasteiger partial charge in [-0.05, 0) is 24.1 Å². The lowest BCUT2D eigenvalue weighted by molar-refractivity contribution is 0.181. The summed E-state index contributed by atoms with van der Waals surface area (Å²) in [6, 6.07) is 7.73. The fraction of sp³-hybridized carbons (Fsp3) is 0.529. The van der Waals surface area contributed by atoms with Gasteiger partial charge in [-0.15, -0.1) is 24.0 Å². The molecule has 0 atom stereocenters. The third-order valence-corrected chi connectivity index (χ3v) is 3.78. The average Bonchev–Trinajstić information content (AvgIpc) is 2.99. The number of nitrogens with one attached hydrogen (secondary N) is 1. The number of aliphatic imine (C=N–C) groups is 1. The predicted octanol–water partition coefficient (Wildman–Crippen LogP) is 3.25. The number of carbonyl (C=O) groups excluding carboxylic acids is 1. The highest BCUT2D eigenvalue weighted by atomic mass is 127. The third kappa shape index (κ3) is 6.54. The minimum Gasteiger partial charge on any atom is -0.447 e. The van der Waals surface area contributed by atoms with E-state index < -0.39 is 0 Å². The maximum absolute atomic E-state index is 11.5. The molecule has 1 aliphatic heterocycles. The van der Waals surface area contributed by atoms with Crippen LogP contribution in [-0.2, 0) is 11.3 Å². The molecule has 0 bridgehead atoms. The second-order valence-corrected chi connectivity index (χ2v) is 5.62. The Bertz CT molecular complexity index is 534. The second-order valence-electron chi connectivity index (χ2n) is 5.62. The molecule has 7 heteroatoms. The number of cyclic esters (lactones) is 1. The van der Waals surface area contributed by atoms with Gasteiger partial charge in [-0.2, -0.15) is 0 Å². The minimum absolute atomic E-state index is 0. The summed E-state index contributed by atoms with van der Waals surface area (Å²) >= 11 is 0. The van der Waals surface area contributed by atoms with Gasteiger partial charge in [0.1, 0.15) is 6.61 Å². The summed E-state index contributed by atoms with van der Waals surface area (Å²) < 4.78 is 4.93. The number of rotatable bonds is 8. The summed E-state index contributed by atoms with van der Waals surface area (Å²) in [4.78, 5) is 17.5. The van der Waals surface area contributed by atoms with E-state index in [9.17, 15) is 4.79 Å². The number of hydrogen-bond donors (Lipinski definition) is 2. The highest BCUT2D eigenvalue weighted by Crippen LogP contribution is 2.19. The minimum atomic E-state index is -0.285. The van der Waals surface area contributed by atoms with E-state index in [0.717, 1.165) is 24.2 Å². The Balaban J connectivity index is 0.00000288. The molecular formula is C17H27IN4O2. The van der Waals surface area contributed by atoms with E-state index in [2.05, 4.69) is 17.2 Å². The average molecular weight is 446 g/mol. The van der Waals surface area contributed by atoms with Crippen molar-refractivity contribution in [2.24, 2.45) is 10.7 Å². The smallest absolute Gasteiger partial charge is 0.414 e. The molecule has 3 N–H and O–H groups in total. The van der Waals surface area contributed by atoms with Gasteiger partial charge in [0.05, 0.1) is 13.1 Å². The number of benzene rings is 1. The Morgan fingerprint density at radius 2 is 2.04 bits per heavy atom. The maximum atomic E-state index is 11.5. The van der Waals surface area contributed by atoms with E-state index in [4.69, 9.17) is 10.5 Å². The van der Waals surface area contributed by atoms with Crippen molar-refractivity contribution < 1.29 is 9.53 Å². The SMILES string of the molecule is CCCCCCNC(N)=NCc1ccc(N2CCOC2=O)cc1.I. The van der Waals surface area contributed by atoms with Crippen LogP contribution < -0.4 is 16.0 Å². The van der Waals surface area contributed by atoms with E-state index in [1.807, 2.05) is 24.3 Å². The van der Waals surface area contributed by atoms with Crippen molar-refractivity contribution in [1.29, 1.82) is 0 Å². The zero-order valence-corrected chi connectivity index (χ0v) is 16.5. The summed E-state index contributed by atoms with van der Waals surface area (Å²) in [5.41, 5.74) is 7.76. The van der Waals surface area contributed by atoms with Crippen LogP contribution >= 0.6 is 24.0 Å². The number of amides is 1. The molecule has 0 spiro atoms. The van der Waals surface area contributed by atoms with Crippen LogP contribution in [0, 0.1) is 0 Å². The van der Waals surface area contributed by atoms with Crippen molar-refractivity contribution >= 4 is 41.7 Å². The zero-order chi connectivity index (χ0) is 16.5. The van der Waals surface area contributed by atoms with E-state index in [-0.39, 0.29) is 30.1 Å². The molecule has 0 aromatic heterocycles. The van der Waals surface area contributed by atoms with Crippen molar-refractivity contribution in [3.05, 3.63) is 29.8 Å². The predicted molar refractivity (Wildman–Crippen MR) is 108 cm³/mol. The monoisotopic (exact) mass is 446 g/mol. The maximum Gasteiger partial charge on any atom is 0.414 e. The number of hydrogen-bond acceptors (Lipinski definition) is 3. The van der Waals surface area contributed by atoms with Crippen LogP contribution in [0.5, 0.6) is 0 Å². The molecule has 1 fully saturated rings. The standard InChI is InChI=1S/C17H26N4O2.HI/c1-2-3-4-5-10-19-16(18)20-13-14-6-8-15(9-7-14)21-11-12-23-17(21)22;/h6-9H,2-5,10-13H2,1H3,(H3,18,19,20);1H. The lowest BCUT2D eigenvalue weighted by Gasteiger charge is -2.12. The summed E-state index contributed by atoms with van der Waals surface area (Å²) in [7, 11) is 0. The zero-order valence-electron chi connectivity index (χ0n) is 14.2. The molecule has 0 radical (unpaired) electrons. The van der Waals surface area contributed by atoms with Gasteiger partial charge in [-0.25, -0.2) is 9.79 Å². The van der Waals surface area contributed by atoms with E-state index in [1.54, 1.807) is 4.90 Å². The summed E-state index contributed by atoms with van der Waals surface area (Å²) in [6.45, 7) is 4.64. The highest BCUT2D eigenvalue weighted by Gasteiger charge is 2.23. The largest absolute Gasteiger partial charge is 0.447 e. The van der Waals surface area contributed by atoms with E-state index in [1.165, 1.54) is 19.3 Å². The first kappa shape index (κ1) is 20.5. The molecule has 1 aromatic rings. The van der Waals surface area contributed by atoms with Crippen molar-refractivity contribution in [2.45, 2.75) is 39.2 Å². The molecule has 1 aliphatic rings. The van der Waals surface area contributed by atoms with Crippen LogP contribution in [0.3, 0.4) is 0 Å². The number of carbonyl (C=O) groups is 1. The Hall–Kier alpha value is -1.51. The Morgan fingerprint density at radius 1 is 1.29 bits per heavy atom. The van der Waals surface area contributed by atoms with Crippen LogP contribution in [0.1, 0.15) is 38.2 Å². The first-order chi connectivity index (χ1) is 11.2. The summed E-state index contributed by atoms with van der Waals surface area (Å²) in [5.74, 6) is 0.480. The number of nitrogens with two attached hydrogens (primary N) is 1. The fourth-order valence-corrected chi connectivity index (χ4v) is 2.41. The molecular weight excluding hydrogens is 419 g/mol. The van der Waals surface area contributed by atoms with Crippen LogP contribution in [0.15, 0.2) is 29.3 Å². The Morgan fingerprint density at radius 3 is 2.67 bits per heavy atom. The number of anilines is 1. The quantitative estimate of drug-likeness (QED) is 0.278. The van der Waals surface area contributed by atoms with Gasteiger partial charge in [0.2, 0.25) is 0 Å². The van der Waals surface area contributed by atoms with Gasteiger partial charge in [0.25, 0.3) is 0 Å². The number of guanidine groups is 1. The van der Waals surface area contributed by atoms with E-state index in [0.29, 0.717) is 25.7 Å². The van der Waals surface area contributed by atoms with Crippen molar-refractivity contribution in [1.82, 2.24) is 5.32 Å². The third-order valence-electron chi connectivity index (χ3n) is 3.78. The molecule has 6 nitrogen and oxygen atoms in total. The second kappa shape index (κ2) is 11.1. The molecule has 0 unspecified atom stereocenters. The molecule has 1 saturated heterocycles. The molecule has 1 aromatic carbocycles. The number of ether oxygens (including phenoxy) is 1. The van der Waals surface area contributed by atoms with Gasteiger partial charge in [0.15, 0.2) is 5.96 Å². The Kier molecular flexibility index (Phi) is 9.51. The van der Waals surface area contributed by atoms with Gasteiger partial charge in [-0.3, -0.25) is 4.90 Å². The van der Waals surface area contributed by atoms with Gasteiger partial charge in [-0.1, -0.05) is 38.3 Å². The van der Waals surface area contributed by atoms with Gasteiger partial charge in [0, 0.05) is 12.2 Å². The molecule has 24 heavy (non-hydrogen) atoms. The molecule has 1 amide bonds. The molecule has 134 valence electrons. The van der Waals surface area contributed by atoms with Crippen LogP contribution in [0.25, 0.3) is 0 Å². The lowest BCUT2D eigenvalue weighted by Crippen LogP contribution is -2.32. The fourth-order valence-electron chi connectivity index (χ4n) is 2.41. The van der Waals surface area contributed by atoms with Crippen molar-refractivity contribution in [3.8, 4) is 0 Å². The molecule has 2 rings (SSSR count). The summed E-state index contributed by atoms with van der Waals surface area (Å²) in [5, 5.41) is 3.13. The Labute approximate surface area is 160 Å². The first-order valence-electron chi connectivity index (χ1n) is 8.27. The van der Waals surface area contributed by atoms with Crippen LogP contribution in [-0.4, -0.2) is 31.7 Å². The molecule has 1 heterocycles. The first-order valence-corrected chi connectivity index (χ1v) is 8.27. The number of nitrogens with zero attached hydrogens (tertiary/aromatic N) is 2. The van der Waals surface area contributed by atoms with Crippen LogP contribution in [0.4, 0.5) is 10.5 Å². The van der Waals surface area contributed by atoms with Gasteiger partial charge < -0.3 is 15.8 Å². The van der Waals surface area contributed by atoms with Crippen LogP contribution in [0.2, 0.25) is 0 Å². The van der Waals surface area contributed by atoms with E-state index >= 15 is 0 Å². The van der Waals surface area contributed by atoms with Crippen molar-refractivity contribution in [3.63, 3.8) is 0 Å². The number of unbranched alkanes of at least 4 members (excludes halogenated alkanes) is 3. The lowest BCUT2D eigenvalue weighted by atomic mass is 10.2. The van der Waals surface area contributed by atoms with Gasteiger partial charge >= 0.3 is 6.09 Å². The summed E-state index contributed by atoms with van der Waals surface area (Å²) in [6.07, 6.45) is 4.54. The topological polar surface area (TPSA) is 79.9 Å². The number of halogens is 1.